The molecular formula is C24H23N3O4. The van der Waals surface area contributed by atoms with E-state index in [0.717, 1.165) is 22.5 Å². The fourth-order valence-electron chi connectivity index (χ4n) is 3.69. The summed E-state index contributed by atoms with van der Waals surface area (Å²) in [4.78, 5) is 12.0. The average molecular weight is 417 g/mol. The number of carbonyl (C=O) groups excluding carboxylic acids is 1. The summed E-state index contributed by atoms with van der Waals surface area (Å²) in [6.45, 7) is 2.29. The van der Waals surface area contributed by atoms with Crippen molar-refractivity contribution in [2.45, 2.75) is 13.5 Å². The first-order valence-electron chi connectivity index (χ1n) is 9.75. The van der Waals surface area contributed by atoms with Crippen molar-refractivity contribution in [3.8, 4) is 34.2 Å². The van der Waals surface area contributed by atoms with Crippen LogP contribution in [0.3, 0.4) is 0 Å². The Bertz CT molecular complexity index is 1230. The number of para-hydroxylation sites is 1. The molecule has 2 aromatic heterocycles. The van der Waals surface area contributed by atoms with Crippen LogP contribution >= 0.6 is 0 Å². The first-order valence-corrected chi connectivity index (χ1v) is 9.75. The van der Waals surface area contributed by atoms with Gasteiger partial charge in [0, 0.05) is 22.9 Å². The maximum absolute atomic E-state index is 12.0. The van der Waals surface area contributed by atoms with E-state index in [9.17, 15) is 4.79 Å². The molecule has 0 aliphatic rings. The number of primary amides is 1. The van der Waals surface area contributed by atoms with Gasteiger partial charge in [-0.1, -0.05) is 47.6 Å². The first kappa shape index (κ1) is 20.3. The highest BCUT2D eigenvalue weighted by Gasteiger charge is 2.21. The van der Waals surface area contributed by atoms with Crippen LogP contribution in [0.5, 0.6) is 11.5 Å². The fourth-order valence-corrected chi connectivity index (χ4v) is 3.69. The van der Waals surface area contributed by atoms with Crippen molar-refractivity contribution in [1.82, 2.24) is 9.72 Å². The van der Waals surface area contributed by atoms with E-state index in [1.54, 1.807) is 20.3 Å². The third-order valence-corrected chi connectivity index (χ3v) is 5.28. The zero-order valence-electron chi connectivity index (χ0n) is 17.6. The predicted molar refractivity (Wildman–Crippen MR) is 117 cm³/mol. The van der Waals surface area contributed by atoms with Gasteiger partial charge in [-0.25, -0.2) is 0 Å². The fraction of sp³-hybridized carbons (Fsp3) is 0.167. The number of hydrogen-bond donors (Lipinski definition) is 1. The first-order chi connectivity index (χ1) is 15.0. The standard InChI is InChI=1S/C24H23N3O4/c1-15-18(24(25)28)12-20(19-13-22(31-26-19)16-8-5-4-6-9-16)27(15)14-17-10-7-11-21(29-2)23(17)30-3/h4-13H,14H2,1-3H3,(H2,25,28). The predicted octanol–water partition coefficient (Wildman–Crippen LogP) is 4.28. The number of ether oxygens (including phenoxy) is 2. The molecule has 0 aliphatic heterocycles. The number of nitrogens with zero attached hydrogens (tertiary/aromatic N) is 2. The van der Waals surface area contributed by atoms with Gasteiger partial charge in [-0.05, 0) is 19.1 Å². The molecule has 31 heavy (non-hydrogen) atoms. The Morgan fingerprint density at radius 3 is 2.52 bits per heavy atom. The lowest BCUT2D eigenvalue weighted by atomic mass is 10.1. The molecule has 0 saturated carbocycles. The highest BCUT2D eigenvalue weighted by atomic mass is 16.5. The molecular weight excluding hydrogens is 394 g/mol. The van der Waals surface area contributed by atoms with Crippen LogP contribution in [-0.4, -0.2) is 29.9 Å². The van der Waals surface area contributed by atoms with Crippen LogP contribution in [0.1, 0.15) is 21.6 Å². The molecule has 0 unspecified atom stereocenters. The van der Waals surface area contributed by atoms with E-state index >= 15 is 0 Å². The monoisotopic (exact) mass is 417 g/mol. The van der Waals surface area contributed by atoms with Crippen molar-refractivity contribution in [3.63, 3.8) is 0 Å². The zero-order valence-corrected chi connectivity index (χ0v) is 17.6. The second-order valence-electron chi connectivity index (χ2n) is 7.07. The number of carbonyl (C=O) groups is 1. The molecule has 7 nitrogen and oxygen atoms in total. The zero-order chi connectivity index (χ0) is 22.0. The Kier molecular flexibility index (Phi) is 5.49. The normalized spacial score (nSPS) is 10.8. The van der Waals surface area contributed by atoms with Crippen molar-refractivity contribution in [2.75, 3.05) is 14.2 Å². The average Bonchev–Trinajstić information content (AvgIpc) is 3.39. The van der Waals surface area contributed by atoms with E-state index in [2.05, 4.69) is 5.16 Å². The third-order valence-electron chi connectivity index (χ3n) is 5.28. The highest BCUT2D eigenvalue weighted by Crippen LogP contribution is 2.34. The lowest BCUT2D eigenvalue weighted by Gasteiger charge is -2.15. The summed E-state index contributed by atoms with van der Waals surface area (Å²) in [5, 5.41) is 4.25. The lowest BCUT2D eigenvalue weighted by Crippen LogP contribution is -2.13. The number of nitrogens with two attached hydrogens (primary N) is 1. The number of benzene rings is 2. The summed E-state index contributed by atoms with van der Waals surface area (Å²) in [7, 11) is 3.20. The van der Waals surface area contributed by atoms with Gasteiger partial charge in [0.1, 0.15) is 5.69 Å². The van der Waals surface area contributed by atoms with Gasteiger partial charge in [0.25, 0.3) is 5.91 Å². The molecule has 0 atom stereocenters. The van der Waals surface area contributed by atoms with Crippen LogP contribution in [0, 0.1) is 6.92 Å². The molecule has 4 rings (SSSR count). The van der Waals surface area contributed by atoms with Crippen molar-refractivity contribution in [1.29, 1.82) is 0 Å². The maximum atomic E-state index is 12.0. The summed E-state index contributed by atoms with van der Waals surface area (Å²) in [6, 6.07) is 19.0. The Morgan fingerprint density at radius 2 is 1.84 bits per heavy atom. The van der Waals surface area contributed by atoms with Gasteiger partial charge in [0.05, 0.1) is 32.0 Å². The molecule has 0 aliphatic carbocycles. The largest absolute Gasteiger partial charge is 0.493 e. The van der Waals surface area contributed by atoms with Gasteiger partial charge in [-0.3, -0.25) is 4.79 Å². The van der Waals surface area contributed by atoms with Gasteiger partial charge < -0.3 is 24.3 Å². The second-order valence-corrected chi connectivity index (χ2v) is 7.07. The minimum atomic E-state index is -0.498. The SMILES string of the molecule is COc1cccc(Cn2c(-c3cc(-c4ccccc4)on3)cc(C(N)=O)c2C)c1OC. The quantitative estimate of drug-likeness (QED) is 0.484. The Labute approximate surface area is 180 Å². The topological polar surface area (TPSA) is 92.5 Å². The van der Waals surface area contributed by atoms with E-state index in [0.29, 0.717) is 35.1 Å². The van der Waals surface area contributed by atoms with Gasteiger partial charge in [-0.2, -0.15) is 0 Å². The lowest BCUT2D eigenvalue weighted by molar-refractivity contribution is 0.0999. The molecule has 7 heteroatoms. The number of aromatic nitrogens is 2. The minimum absolute atomic E-state index is 0.432. The summed E-state index contributed by atoms with van der Waals surface area (Å²) in [6.07, 6.45) is 0. The van der Waals surface area contributed by atoms with E-state index in [4.69, 9.17) is 19.7 Å². The third kappa shape index (κ3) is 3.77. The smallest absolute Gasteiger partial charge is 0.250 e. The van der Waals surface area contributed by atoms with E-state index in [1.807, 2.05) is 66.1 Å². The number of rotatable bonds is 7. The molecule has 2 N–H and O–H groups in total. The minimum Gasteiger partial charge on any atom is -0.493 e. The van der Waals surface area contributed by atoms with Crippen molar-refractivity contribution in [3.05, 3.63) is 77.5 Å². The number of amides is 1. The Morgan fingerprint density at radius 1 is 1.06 bits per heavy atom. The molecule has 158 valence electrons. The van der Waals surface area contributed by atoms with Crippen LogP contribution in [0.4, 0.5) is 0 Å². The van der Waals surface area contributed by atoms with Crippen LogP contribution in [-0.2, 0) is 6.54 Å². The van der Waals surface area contributed by atoms with Gasteiger partial charge in [0.15, 0.2) is 17.3 Å². The van der Waals surface area contributed by atoms with E-state index < -0.39 is 5.91 Å². The Balaban J connectivity index is 1.81. The van der Waals surface area contributed by atoms with Crippen molar-refractivity contribution in [2.24, 2.45) is 5.73 Å². The number of hydrogen-bond acceptors (Lipinski definition) is 5. The van der Waals surface area contributed by atoms with Gasteiger partial charge in [-0.15, -0.1) is 0 Å². The van der Waals surface area contributed by atoms with Crippen LogP contribution in [0.15, 0.2) is 65.2 Å². The summed E-state index contributed by atoms with van der Waals surface area (Å²) >= 11 is 0. The summed E-state index contributed by atoms with van der Waals surface area (Å²) in [5.41, 5.74) is 9.93. The van der Waals surface area contributed by atoms with Crippen LogP contribution < -0.4 is 15.2 Å². The van der Waals surface area contributed by atoms with Crippen LogP contribution in [0.2, 0.25) is 0 Å². The molecule has 0 bridgehead atoms. The van der Waals surface area contributed by atoms with Crippen molar-refractivity contribution >= 4 is 5.91 Å². The molecule has 1 amide bonds. The number of methoxy groups -OCH3 is 2. The Hall–Kier alpha value is -4.00. The van der Waals surface area contributed by atoms with Crippen LogP contribution in [0.25, 0.3) is 22.7 Å². The summed E-state index contributed by atoms with van der Waals surface area (Å²) < 4.78 is 18.6. The second kappa shape index (κ2) is 8.39. The molecule has 0 saturated heterocycles. The van der Waals surface area contributed by atoms with Gasteiger partial charge >= 0.3 is 0 Å². The van der Waals surface area contributed by atoms with Crippen molar-refractivity contribution < 1.29 is 18.8 Å². The molecule has 4 aromatic rings. The van der Waals surface area contributed by atoms with E-state index in [-0.39, 0.29) is 0 Å². The molecule has 0 spiro atoms. The van der Waals surface area contributed by atoms with Gasteiger partial charge in [0.2, 0.25) is 0 Å². The molecule has 0 fully saturated rings. The molecule has 0 radical (unpaired) electrons. The highest BCUT2D eigenvalue weighted by molar-refractivity contribution is 5.95. The maximum Gasteiger partial charge on any atom is 0.250 e. The summed E-state index contributed by atoms with van der Waals surface area (Å²) in [5.74, 6) is 1.41. The van der Waals surface area contributed by atoms with E-state index in [1.165, 1.54) is 0 Å². The molecule has 2 heterocycles. The molecule has 2 aromatic carbocycles.